The van der Waals surface area contributed by atoms with Gasteiger partial charge in [0.25, 0.3) is 11.8 Å². The summed E-state index contributed by atoms with van der Waals surface area (Å²) in [4.78, 5) is 40.7. The fraction of sp³-hybridized carbons (Fsp3) is 0.130. The van der Waals surface area contributed by atoms with Crippen LogP contribution in [0.3, 0.4) is 0 Å². The van der Waals surface area contributed by atoms with Crippen molar-refractivity contribution in [1.82, 2.24) is 4.98 Å². The van der Waals surface area contributed by atoms with E-state index in [0.717, 1.165) is 11.1 Å². The van der Waals surface area contributed by atoms with E-state index in [1.165, 1.54) is 19.2 Å². The van der Waals surface area contributed by atoms with E-state index in [9.17, 15) is 14.4 Å². The molecule has 2 N–H and O–H groups in total. The molecule has 0 spiro atoms. The van der Waals surface area contributed by atoms with Crippen molar-refractivity contribution in [2.24, 2.45) is 0 Å². The van der Waals surface area contributed by atoms with Gasteiger partial charge in [-0.15, -0.1) is 0 Å². The summed E-state index contributed by atoms with van der Waals surface area (Å²) in [5.74, 6) is -0.888. The Balaban J connectivity index is 1.76. The molecule has 1 aromatic heterocycles. The number of hydrogen-bond acceptors (Lipinski definition) is 4. The van der Waals surface area contributed by atoms with Crippen LogP contribution in [0.5, 0.6) is 0 Å². The topological polar surface area (TPSA) is 88.2 Å². The van der Waals surface area contributed by atoms with Gasteiger partial charge in [0.1, 0.15) is 5.69 Å². The highest BCUT2D eigenvalue weighted by atomic mass is 16.2. The average molecular weight is 387 g/mol. The van der Waals surface area contributed by atoms with Crippen molar-refractivity contribution in [1.29, 1.82) is 0 Å². The summed E-state index contributed by atoms with van der Waals surface area (Å²) in [5.41, 5.74) is 4.18. The third-order valence-electron chi connectivity index (χ3n) is 4.26. The first-order valence-corrected chi connectivity index (χ1v) is 9.10. The third kappa shape index (κ3) is 5.13. The van der Waals surface area contributed by atoms with Gasteiger partial charge in [0.2, 0.25) is 0 Å². The molecule has 29 heavy (non-hydrogen) atoms. The minimum atomic E-state index is -0.466. The van der Waals surface area contributed by atoms with E-state index in [1.807, 2.05) is 32.0 Å². The highest BCUT2D eigenvalue weighted by molar-refractivity contribution is 6.08. The summed E-state index contributed by atoms with van der Waals surface area (Å²) < 4.78 is 0. The number of Topliss-reactive ketones (excluding diaryl/α,β-unsaturated/α-hetero) is 1. The smallest absolute Gasteiger partial charge is 0.274 e. The second-order valence-electron chi connectivity index (χ2n) is 6.85. The predicted molar refractivity (Wildman–Crippen MR) is 113 cm³/mol. The molecule has 0 fully saturated rings. The van der Waals surface area contributed by atoms with Gasteiger partial charge in [0, 0.05) is 28.7 Å². The Morgan fingerprint density at radius 1 is 0.759 bits per heavy atom. The molecule has 3 rings (SSSR count). The zero-order valence-electron chi connectivity index (χ0n) is 16.4. The Bertz CT molecular complexity index is 1090. The highest BCUT2D eigenvalue weighted by Crippen LogP contribution is 2.16. The highest BCUT2D eigenvalue weighted by Gasteiger charge is 2.13. The molecule has 0 saturated carbocycles. The average Bonchev–Trinajstić information content (AvgIpc) is 2.67. The molecule has 0 aliphatic heterocycles. The van der Waals surface area contributed by atoms with Crippen molar-refractivity contribution in [3.05, 3.63) is 88.7 Å². The molecule has 0 bridgehead atoms. The maximum Gasteiger partial charge on any atom is 0.274 e. The Kier molecular flexibility index (Phi) is 5.83. The van der Waals surface area contributed by atoms with Crippen LogP contribution < -0.4 is 10.6 Å². The predicted octanol–water partition coefficient (Wildman–Crippen LogP) is 4.41. The molecule has 2 amide bonds. The van der Waals surface area contributed by atoms with Crippen LogP contribution in [0.15, 0.2) is 60.8 Å². The number of anilines is 2. The zero-order chi connectivity index (χ0) is 21.0. The van der Waals surface area contributed by atoms with Gasteiger partial charge in [0.05, 0.1) is 0 Å². The number of hydrogen-bond donors (Lipinski definition) is 2. The van der Waals surface area contributed by atoms with Crippen molar-refractivity contribution < 1.29 is 14.4 Å². The third-order valence-corrected chi connectivity index (χ3v) is 4.26. The molecule has 0 aliphatic rings. The Labute approximate surface area is 169 Å². The minimum absolute atomic E-state index is 0.0933. The Morgan fingerprint density at radius 2 is 1.45 bits per heavy atom. The molecule has 0 unspecified atom stereocenters. The molecule has 0 radical (unpaired) electrons. The molecule has 6 nitrogen and oxygen atoms in total. The number of rotatable bonds is 5. The molecule has 3 aromatic rings. The molecule has 0 atom stereocenters. The van der Waals surface area contributed by atoms with Crippen LogP contribution in [0.2, 0.25) is 0 Å². The Hall–Kier alpha value is -3.80. The number of benzene rings is 2. The van der Waals surface area contributed by atoms with Crippen molar-refractivity contribution in [3.63, 3.8) is 0 Å². The number of pyridine rings is 1. The lowest BCUT2D eigenvalue weighted by Gasteiger charge is -2.09. The van der Waals surface area contributed by atoms with Crippen LogP contribution in [-0.2, 0) is 0 Å². The lowest BCUT2D eigenvalue weighted by atomic mass is 10.1. The second-order valence-corrected chi connectivity index (χ2v) is 6.85. The van der Waals surface area contributed by atoms with Crippen LogP contribution in [0.25, 0.3) is 0 Å². The van der Waals surface area contributed by atoms with Crippen molar-refractivity contribution in [2.75, 3.05) is 10.6 Å². The molecule has 146 valence electrons. The number of nitrogens with zero attached hydrogens (tertiary/aromatic N) is 1. The van der Waals surface area contributed by atoms with Crippen LogP contribution in [-0.4, -0.2) is 22.6 Å². The van der Waals surface area contributed by atoms with E-state index in [1.54, 1.807) is 30.3 Å². The largest absolute Gasteiger partial charge is 0.322 e. The summed E-state index contributed by atoms with van der Waals surface area (Å²) in [6, 6.07) is 15.4. The summed E-state index contributed by atoms with van der Waals surface area (Å²) >= 11 is 0. The lowest BCUT2D eigenvalue weighted by molar-refractivity contribution is 0.100. The molecular formula is C23H21N3O3. The van der Waals surface area contributed by atoms with Gasteiger partial charge in [-0.3, -0.25) is 19.4 Å². The number of carbonyl (C=O) groups is 3. The molecule has 2 aromatic carbocycles. The zero-order valence-corrected chi connectivity index (χ0v) is 16.4. The lowest BCUT2D eigenvalue weighted by Crippen LogP contribution is -2.17. The normalized spacial score (nSPS) is 10.3. The number of aryl methyl sites for hydroxylation is 2. The van der Waals surface area contributed by atoms with Gasteiger partial charge in [-0.25, -0.2) is 0 Å². The molecule has 1 heterocycles. The maximum absolute atomic E-state index is 12.6. The van der Waals surface area contributed by atoms with Crippen molar-refractivity contribution in [3.8, 4) is 0 Å². The van der Waals surface area contributed by atoms with Crippen LogP contribution in [0.1, 0.15) is 49.3 Å². The fourth-order valence-electron chi connectivity index (χ4n) is 2.96. The first kappa shape index (κ1) is 19.9. The van der Waals surface area contributed by atoms with E-state index < -0.39 is 5.91 Å². The van der Waals surface area contributed by atoms with E-state index in [4.69, 9.17) is 0 Å². The van der Waals surface area contributed by atoms with Crippen LogP contribution in [0.4, 0.5) is 11.4 Å². The summed E-state index contributed by atoms with van der Waals surface area (Å²) in [6.45, 7) is 5.37. The number of ketones is 1. The van der Waals surface area contributed by atoms with Gasteiger partial charge < -0.3 is 10.6 Å². The number of aromatic nitrogens is 1. The van der Waals surface area contributed by atoms with E-state index in [2.05, 4.69) is 15.6 Å². The molecular weight excluding hydrogens is 366 g/mol. The first-order valence-electron chi connectivity index (χ1n) is 9.10. The van der Waals surface area contributed by atoms with Gasteiger partial charge in [0.15, 0.2) is 5.78 Å². The minimum Gasteiger partial charge on any atom is -0.322 e. The Morgan fingerprint density at radius 3 is 2.14 bits per heavy atom. The summed E-state index contributed by atoms with van der Waals surface area (Å²) in [5, 5.41) is 5.54. The van der Waals surface area contributed by atoms with Gasteiger partial charge in [-0.05, 0) is 68.3 Å². The molecule has 6 heteroatoms. The number of nitrogens with one attached hydrogen (secondary N) is 2. The number of carbonyl (C=O) groups excluding carboxylic acids is 3. The molecule has 0 aliphatic carbocycles. The van der Waals surface area contributed by atoms with Gasteiger partial charge >= 0.3 is 0 Å². The van der Waals surface area contributed by atoms with Gasteiger partial charge in [-0.2, -0.15) is 0 Å². The second kappa shape index (κ2) is 8.48. The van der Waals surface area contributed by atoms with Crippen LogP contribution in [0, 0.1) is 13.8 Å². The number of amides is 2. The summed E-state index contributed by atoms with van der Waals surface area (Å²) in [6.07, 6.45) is 1.41. The van der Waals surface area contributed by atoms with Gasteiger partial charge in [-0.1, -0.05) is 18.2 Å². The SMILES string of the molecule is CC(=O)c1cccc(NC(=O)c2cc(C(=O)Nc3cc(C)cc(C)c3)ccn2)c1. The first-order chi connectivity index (χ1) is 13.8. The quantitative estimate of drug-likeness (QED) is 0.635. The van der Waals surface area contributed by atoms with E-state index >= 15 is 0 Å². The van der Waals surface area contributed by atoms with Crippen molar-refractivity contribution in [2.45, 2.75) is 20.8 Å². The fourth-order valence-corrected chi connectivity index (χ4v) is 2.96. The monoisotopic (exact) mass is 387 g/mol. The van der Waals surface area contributed by atoms with Crippen LogP contribution >= 0.6 is 0 Å². The van der Waals surface area contributed by atoms with E-state index in [-0.39, 0.29) is 17.4 Å². The summed E-state index contributed by atoms with van der Waals surface area (Å²) in [7, 11) is 0. The maximum atomic E-state index is 12.6. The van der Waals surface area contributed by atoms with E-state index in [0.29, 0.717) is 22.5 Å². The van der Waals surface area contributed by atoms with Crippen molar-refractivity contribution >= 4 is 29.0 Å². The molecule has 0 saturated heterocycles. The standard InChI is InChI=1S/C23H21N3O3/c1-14-9-15(2)11-20(10-14)26-22(28)18-7-8-24-21(13-18)23(29)25-19-6-4-5-17(12-19)16(3)27/h4-13H,1-3H3,(H,25,29)(H,26,28).